The summed E-state index contributed by atoms with van der Waals surface area (Å²) in [5, 5.41) is 2.62. The minimum absolute atomic E-state index is 0.532. The van der Waals surface area contributed by atoms with Crippen molar-refractivity contribution in [2.45, 2.75) is 0 Å². The van der Waals surface area contributed by atoms with Crippen molar-refractivity contribution in [3.8, 4) is 16.2 Å². The maximum Gasteiger partial charge on any atom is 0.153 e. The Hall–Kier alpha value is -1.32. The first-order chi connectivity index (χ1) is 7.76. The molecule has 2 aromatic rings. The minimum atomic E-state index is 0.532. The number of halogens is 1. The van der Waals surface area contributed by atoms with E-state index in [0.29, 0.717) is 16.3 Å². The van der Waals surface area contributed by atoms with Gasteiger partial charge in [-0.15, -0.1) is 11.3 Å². The summed E-state index contributed by atoms with van der Waals surface area (Å²) in [6, 6.07) is 7.29. The molecule has 2 rings (SSSR count). The van der Waals surface area contributed by atoms with Gasteiger partial charge in [0.1, 0.15) is 5.75 Å². The maximum absolute atomic E-state index is 10.9. The number of methoxy groups -OCH3 is 1. The molecule has 0 N–H and O–H groups in total. The van der Waals surface area contributed by atoms with Gasteiger partial charge in [-0.2, -0.15) is 0 Å². The van der Waals surface area contributed by atoms with E-state index < -0.39 is 0 Å². The minimum Gasteiger partial charge on any atom is -0.496 e. The molecule has 16 heavy (non-hydrogen) atoms. The predicted octanol–water partition coefficient (Wildman–Crippen LogP) is 3.89. The van der Waals surface area contributed by atoms with Crippen LogP contribution in [-0.2, 0) is 0 Å². The smallest absolute Gasteiger partial charge is 0.153 e. The maximum atomic E-state index is 10.9. The molecule has 0 bridgehead atoms. The molecule has 2 nitrogen and oxygen atoms in total. The Morgan fingerprint density at radius 1 is 1.38 bits per heavy atom. The van der Waals surface area contributed by atoms with Gasteiger partial charge in [-0.25, -0.2) is 0 Å². The van der Waals surface area contributed by atoms with Gasteiger partial charge in [0.25, 0.3) is 0 Å². The molecule has 1 heterocycles. The number of ether oxygens (including phenoxy) is 1. The number of carbonyl (C=O) groups excluding carboxylic acids is 1. The van der Waals surface area contributed by atoms with Crippen LogP contribution in [0.15, 0.2) is 29.6 Å². The molecule has 0 amide bonds. The van der Waals surface area contributed by atoms with Gasteiger partial charge in [0, 0.05) is 0 Å². The second-order valence-corrected chi connectivity index (χ2v) is 4.50. The zero-order valence-electron chi connectivity index (χ0n) is 8.57. The van der Waals surface area contributed by atoms with Crippen LogP contribution in [-0.4, -0.2) is 13.4 Å². The molecule has 0 radical (unpaired) electrons. The van der Waals surface area contributed by atoms with Gasteiger partial charge in [-0.3, -0.25) is 4.79 Å². The van der Waals surface area contributed by atoms with Crippen molar-refractivity contribution in [3.63, 3.8) is 0 Å². The van der Waals surface area contributed by atoms with Crippen LogP contribution in [0.2, 0.25) is 5.02 Å². The summed E-state index contributed by atoms with van der Waals surface area (Å²) in [6.45, 7) is 0. The Balaban J connectivity index is 2.52. The molecule has 1 aromatic carbocycles. The number of hydrogen-bond donors (Lipinski definition) is 0. The zero-order valence-corrected chi connectivity index (χ0v) is 10.1. The van der Waals surface area contributed by atoms with Gasteiger partial charge in [-0.1, -0.05) is 11.6 Å². The van der Waals surface area contributed by atoms with Crippen LogP contribution in [0.3, 0.4) is 0 Å². The van der Waals surface area contributed by atoms with Crippen molar-refractivity contribution in [2.75, 3.05) is 7.11 Å². The van der Waals surface area contributed by atoms with E-state index in [1.165, 1.54) is 0 Å². The Labute approximate surface area is 102 Å². The van der Waals surface area contributed by atoms with Crippen LogP contribution in [0.25, 0.3) is 10.4 Å². The van der Waals surface area contributed by atoms with Crippen LogP contribution in [0.5, 0.6) is 5.75 Å². The molecular weight excluding hydrogens is 244 g/mol. The van der Waals surface area contributed by atoms with Crippen LogP contribution in [0, 0.1) is 0 Å². The summed E-state index contributed by atoms with van der Waals surface area (Å²) in [5.74, 6) is 0.575. The molecule has 4 heteroatoms. The van der Waals surface area contributed by atoms with Crippen molar-refractivity contribution < 1.29 is 9.53 Å². The van der Waals surface area contributed by atoms with Crippen LogP contribution < -0.4 is 4.74 Å². The Kier molecular flexibility index (Phi) is 3.27. The monoisotopic (exact) mass is 252 g/mol. The first kappa shape index (κ1) is 11.2. The molecule has 1 aromatic heterocycles. The van der Waals surface area contributed by atoms with E-state index >= 15 is 0 Å². The number of rotatable bonds is 3. The summed E-state index contributed by atoms with van der Waals surface area (Å²) < 4.78 is 5.08. The second kappa shape index (κ2) is 4.68. The first-order valence-electron chi connectivity index (χ1n) is 4.63. The van der Waals surface area contributed by atoms with Crippen molar-refractivity contribution in [2.24, 2.45) is 0 Å². The molecule has 0 aliphatic heterocycles. The van der Waals surface area contributed by atoms with Gasteiger partial charge >= 0.3 is 0 Å². The molecule has 0 saturated carbocycles. The van der Waals surface area contributed by atoms with Gasteiger partial charge in [0.15, 0.2) is 6.29 Å². The lowest BCUT2D eigenvalue weighted by molar-refractivity contribution is 0.112. The van der Waals surface area contributed by atoms with E-state index in [2.05, 4.69) is 0 Å². The van der Waals surface area contributed by atoms with Gasteiger partial charge in [0.2, 0.25) is 0 Å². The van der Waals surface area contributed by atoms with Gasteiger partial charge in [-0.05, 0) is 35.2 Å². The Morgan fingerprint density at radius 3 is 2.75 bits per heavy atom. The normalized spacial score (nSPS) is 10.1. The number of benzene rings is 1. The molecule has 0 unspecified atom stereocenters. The van der Waals surface area contributed by atoms with Crippen molar-refractivity contribution in [1.82, 2.24) is 0 Å². The fourth-order valence-corrected chi connectivity index (χ4v) is 2.63. The Morgan fingerprint density at radius 2 is 2.19 bits per heavy atom. The third kappa shape index (κ3) is 1.96. The number of carbonyl (C=O) groups is 1. The van der Waals surface area contributed by atoms with E-state index in [0.717, 1.165) is 16.7 Å². The van der Waals surface area contributed by atoms with Crippen LogP contribution >= 0.6 is 22.9 Å². The highest BCUT2D eigenvalue weighted by molar-refractivity contribution is 7.14. The topological polar surface area (TPSA) is 26.3 Å². The largest absolute Gasteiger partial charge is 0.496 e. The fourth-order valence-electron chi connectivity index (χ4n) is 1.47. The summed E-state index contributed by atoms with van der Waals surface area (Å²) in [4.78, 5) is 11.8. The molecule has 0 atom stereocenters. The quantitative estimate of drug-likeness (QED) is 0.775. The second-order valence-electron chi connectivity index (χ2n) is 3.17. The first-order valence-corrected chi connectivity index (χ1v) is 5.88. The highest BCUT2D eigenvalue weighted by Crippen LogP contribution is 2.34. The zero-order chi connectivity index (χ0) is 11.5. The highest BCUT2D eigenvalue weighted by Gasteiger charge is 2.08. The molecule has 0 aliphatic carbocycles. The van der Waals surface area contributed by atoms with Gasteiger partial charge < -0.3 is 4.74 Å². The molecule has 0 aliphatic rings. The Bertz CT molecular complexity index is 519. The van der Waals surface area contributed by atoms with E-state index in [4.69, 9.17) is 16.3 Å². The van der Waals surface area contributed by atoms with Crippen LogP contribution in [0.4, 0.5) is 0 Å². The summed E-state index contributed by atoms with van der Waals surface area (Å²) in [6.07, 6.45) is 0.782. The SMILES string of the molecule is COc1ccc(-c2sccc2Cl)cc1C=O. The molecule has 0 spiro atoms. The van der Waals surface area contributed by atoms with E-state index in [1.54, 1.807) is 30.6 Å². The standard InChI is InChI=1S/C12H9ClO2S/c1-15-11-3-2-8(6-9(11)7-14)12-10(13)4-5-16-12/h2-7H,1H3. The van der Waals surface area contributed by atoms with Crippen molar-refractivity contribution in [1.29, 1.82) is 0 Å². The lowest BCUT2D eigenvalue weighted by atomic mass is 10.1. The summed E-state index contributed by atoms with van der Waals surface area (Å²) >= 11 is 7.58. The molecular formula is C12H9ClO2S. The number of aldehydes is 1. The molecule has 0 saturated heterocycles. The average Bonchev–Trinajstić information content (AvgIpc) is 2.74. The number of thiophene rings is 1. The van der Waals surface area contributed by atoms with Gasteiger partial charge in [0.05, 0.1) is 22.6 Å². The number of hydrogen-bond acceptors (Lipinski definition) is 3. The van der Waals surface area contributed by atoms with E-state index in [-0.39, 0.29) is 0 Å². The predicted molar refractivity (Wildman–Crippen MR) is 66.7 cm³/mol. The van der Waals surface area contributed by atoms with Crippen LogP contribution in [0.1, 0.15) is 10.4 Å². The summed E-state index contributed by atoms with van der Waals surface area (Å²) in [7, 11) is 1.54. The third-order valence-corrected chi connectivity index (χ3v) is 3.63. The van der Waals surface area contributed by atoms with Crippen molar-refractivity contribution in [3.05, 3.63) is 40.2 Å². The lowest BCUT2D eigenvalue weighted by Crippen LogP contribution is -1.90. The lowest BCUT2D eigenvalue weighted by Gasteiger charge is -2.05. The average molecular weight is 253 g/mol. The van der Waals surface area contributed by atoms with Crippen molar-refractivity contribution >= 4 is 29.2 Å². The van der Waals surface area contributed by atoms with E-state index in [1.807, 2.05) is 17.5 Å². The molecule has 82 valence electrons. The van der Waals surface area contributed by atoms with E-state index in [9.17, 15) is 4.79 Å². The highest BCUT2D eigenvalue weighted by atomic mass is 35.5. The molecule has 0 fully saturated rings. The fraction of sp³-hybridized carbons (Fsp3) is 0.0833. The summed E-state index contributed by atoms with van der Waals surface area (Å²) in [5.41, 5.74) is 1.47. The third-order valence-electron chi connectivity index (χ3n) is 2.24.